The van der Waals surface area contributed by atoms with Crippen LogP contribution in [0.2, 0.25) is 0 Å². The van der Waals surface area contributed by atoms with Crippen LogP contribution in [0.3, 0.4) is 0 Å². The normalized spacial score (nSPS) is 14.0. The molecule has 4 N–H and O–H groups in total. The molecule has 10 heteroatoms. The fraction of sp³-hybridized carbons (Fsp3) is 0.188. The lowest BCUT2D eigenvalue weighted by molar-refractivity contribution is 0.0341. The molecule has 1 fully saturated rings. The van der Waals surface area contributed by atoms with Gasteiger partial charge in [0.25, 0.3) is 0 Å². The number of aromatic nitrogens is 5. The number of ether oxygens (including phenoxy) is 1. The van der Waals surface area contributed by atoms with Gasteiger partial charge < -0.3 is 20.8 Å². The summed E-state index contributed by atoms with van der Waals surface area (Å²) in [6.07, 6.45) is 5.56. The van der Waals surface area contributed by atoms with E-state index in [4.69, 9.17) is 15.5 Å². The van der Waals surface area contributed by atoms with Crippen LogP contribution in [-0.4, -0.2) is 61.7 Å². The molecule has 0 atom stereocenters. The Hall–Kier alpha value is -5.06. The molecule has 4 aromatic heterocycles. The van der Waals surface area contributed by atoms with Gasteiger partial charge in [-0.15, -0.1) is 0 Å². The first kappa shape index (κ1) is 25.9. The van der Waals surface area contributed by atoms with Gasteiger partial charge in [0.1, 0.15) is 5.65 Å². The Kier molecular flexibility index (Phi) is 6.61. The molecule has 1 aliphatic heterocycles. The topological polar surface area (TPSA) is 127 Å². The molecule has 0 radical (unpaired) electrons. The number of aromatic amines is 1. The third-order valence-electron chi connectivity index (χ3n) is 7.73. The highest BCUT2D eigenvalue weighted by Crippen LogP contribution is 2.34. The summed E-state index contributed by atoms with van der Waals surface area (Å²) >= 11 is 0. The van der Waals surface area contributed by atoms with Crippen LogP contribution in [0.4, 0.5) is 16.4 Å². The van der Waals surface area contributed by atoms with Gasteiger partial charge in [-0.1, -0.05) is 42.5 Å². The van der Waals surface area contributed by atoms with E-state index in [1.807, 2.05) is 80.1 Å². The zero-order valence-electron chi connectivity index (χ0n) is 23.2. The summed E-state index contributed by atoms with van der Waals surface area (Å²) in [6.45, 7) is 6.21. The van der Waals surface area contributed by atoms with Crippen molar-refractivity contribution >= 4 is 39.5 Å². The number of carbonyl (C=O) groups is 1. The van der Waals surface area contributed by atoms with Gasteiger partial charge in [-0.25, -0.2) is 9.78 Å². The number of nitrogens with one attached hydrogen (secondary N) is 2. The Morgan fingerprint density at radius 1 is 1.02 bits per heavy atom. The van der Waals surface area contributed by atoms with E-state index >= 15 is 0 Å². The van der Waals surface area contributed by atoms with Crippen molar-refractivity contribution in [2.75, 3.05) is 37.4 Å². The number of rotatable bonds is 5. The quantitative estimate of drug-likeness (QED) is 0.257. The highest BCUT2D eigenvalue weighted by molar-refractivity contribution is 5.99. The van der Waals surface area contributed by atoms with E-state index in [0.717, 1.165) is 77.1 Å². The number of H-pyrrole nitrogens is 1. The Morgan fingerprint density at radius 3 is 2.55 bits per heavy atom. The van der Waals surface area contributed by atoms with Gasteiger partial charge in [-0.3, -0.25) is 14.5 Å². The largest absolute Gasteiger partial charge is 0.379 e. The van der Waals surface area contributed by atoms with Crippen LogP contribution in [-0.2, 0) is 11.3 Å². The van der Waals surface area contributed by atoms with Gasteiger partial charge in [0, 0.05) is 54.9 Å². The maximum Gasteiger partial charge on any atom is 0.330 e. The van der Waals surface area contributed by atoms with E-state index in [0.29, 0.717) is 17.0 Å². The average Bonchev–Trinajstić information content (AvgIpc) is 3.64. The number of nitrogens with zero attached hydrogens (tertiary/aromatic N) is 5. The van der Waals surface area contributed by atoms with Crippen LogP contribution >= 0.6 is 0 Å². The summed E-state index contributed by atoms with van der Waals surface area (Å²) in [5.74, 6) is 0.160. The highest BCUT2D eigenvalue weighted by Gasteiger charge is 2.18. The zero-order chi connectivity index (χ0) is 28.6. The molecule has 42 heavy (non-hydrogen) atoms. The highest BCUT2D eigenvalue weighted by atomic mass is 16.5. The smallest absolute Gasteiger partial charge is 0.330 e. The molecular weight excluding hydrogens is 528 g/mol. The minimum absolute atomic E-state index is 0.160. The lowest BCUT2D eigenvalue weighted by Gasteiger charge is -2.26. The number of benzene rings is 2. The molecule has 5 heterocycles. The number of amides is 1. The van der Waals surface area contributed by atoms with Gasteiger partial charge >= 0.3 is 6.03 Å². The van der Waals surface area contributed by atoms with Gasteiger partial charge in [-0.2, -0.15) is 4.98 Å². The van der Waals surface area contributed by atoms with E-state index in [-0.39, 0.29) is 12.0 Å². The fourth-order valence-electron chi connectivity index (χ4n) is 5.47. The molecule has 2 aromatic carbocycles. The van der Waals surface area contributed by atoms with Crippen molar-refractivity contribution in [3.05, 3.63) is 90.4 Å². The predicted molar refractivity (Wildman–Crippen MR) is 164 cm³/mol. The average molecular weight is 559 g/mol. The molecular formula is C32H30N8O2. The third kappa shape index (κ3) is 4.98. The van der Waals surface area contributed by atoms with E-state index in [9.17, 15) is 4.79 Å². The summed E-state index contributed by atoms with van der Waals surface area (Å²) in [7, 11) is 0. The lowest BCUT2D eigenvalue weighted by Crippen LogP contribution is -2.35. The van der Waals surface area contributed by atoms with E-state index in [1.165, 1.54) is 0 Å². The van der Waals surface area contributed by atoms with Gasteiger partial charge in [0.2, 0.25) is 5.95 Å². The number of pyridine rings is 1. The first-order valence-electron chi connectivity index (χ1n) is 13.9. The number of fused-ring (bicyclic) bond motifs is 2. The summed E-state index contributed by atoms with van der Waals surface area (Å²) in [5.41, 5.74) is 12.7. The number of hydrogen-bond donors (Lipinski definition) is 3. The second-order valence-corrected chi connectivity index (χ2v) is 10.5. The number of nitrogens with two attached hydrogens (primary N) is 1. The molecule has 0 saturated carbocycles. The molecule has 0 bridgehead atoms. The second-order valence-electron chi connectivity index (χ2n) is 10.5. The molecule has 7 rings (SSSR count). The van der Waals surface area contributed by atoms with Crippen LogP contribution in [0, 0.1) is 6.92 Å². The molecule has 10 nitrogen and oxygen atoms in total. The van der Waals surface area contributed by atoms with Gasteiger partial charge in [0.15, 0.2) is 0 Å². The third-order valence-corrected chi connectivity index (χ3v) is 7.73. The van der Waals surface area contributed by atoms with E-state index in [2.05, 4.69) is 31.2 Å². The van der Waals surface area contributed by atoms with Crippen molar-refractivity contribution in [2.24, 2.45) is 0 Å². The summed E-state index contributed by atoms with van der Waals surface area (Å²) < 4.78 is 7.02. The van der Waals surface area contributed by atoms with Crippen LogP contribution in [0.15, 0.2) is 79.3 Å². The molecule has 210 valence electrons. The van der Waals surface area contributed by atoms with Crippen LogP contribution in [0.1, 0.15) is 11.1 Å². The van der Waals surface area contributed by atoms with Crippen molar-refractivity contribution in [2.45, 2.75) is 13.5 Å². The van der Waals surface area contributed by atoms with Crippen LogP contribution in [0.5, 0.6) is 0 Å². The molecule has 0 unspecified atom stereocenters. The molecule has 6 aromatic rings. The minimum atomic E-state index is -0.245. The maximum atomic E-state index is 13.1. The first-order valence-corrected chi connectivity index (χ1v) is 13.9. The number of nitrogen functional groups attached to an aromatic ring is 1. The number of hydrogen-bond acceptors (Lipinski definition) is 7. The molecule has 1 saturated heterocycles. The standard InChI is InChI=1S/C32H30N8O2/c1-20-24(7-4-8-26(20)36-32(41)40-18-22-5-2-3-6-23(22)19-40)29-25-15-28(35-30(25)38-31(33)37-29)27-10-9-21(16-34-27)17-39-11-13-42-14-12-39/h2-10,15-16,18-19H,11-14,17H2,1H3,(H,36,41)(H3,33,35,37,38). The van der Waals surface area contributed by atoms with Crippen molar-refractivity contribution in [1.29, 1.82) is 0 Å². The Bertz CT molecular complexity index is 1890. The molecule has 1 aliphatic rings. The summed E-state index contributed by atoms with van der Waals surface area (Å²) in [6, 6.07) is 19.5. The first-order chi connectivity index (χ1) is 20.5. The van der Waals surface area contributed by atoms with Crippen molar-refractivity contribution < 1.29 is 9.53 Å². The van der Waals surface area contributed by atoms with Crippen molar-refractivity contribution in [1.82, 2.24) is 29.4 Å². The van der Waals surface area contributed by atoms with E-state index in [1.54, 1.807) is 4.57 Å². The van der Waals surface area contributed by atoms with Gasteiger partial charge in [0.05, 0.1) is 30.3 Å². The van der Waals surface area contributed by atoms with Crippen molar-refractivity contribution in [3.63, 3.8) is 0 Å². The zero-order valence-corrected chi connectivity index (χ0v) is 23.2. The molecule has 0 spiro atoms. The molecule has 1 amide bonds. The summed E-state index contributed by atoms with van der Waals surface area (Å²) in [4.78, 5) is 32.7. The number of anilines is 2. The fourth-order valence-corrected chi connectivity index (χ4v) is 5.47. The Morgan fingerprint density at radius 2 is 1.81 bits per heavy atom. The number of carbonyl (C=O) groups excluding carboxylic acids is 1. The Balaban J connectivity index is 1.18. The van der Waals surface area contributed by atoms with E-state index < -0.39 is 0 Å². The Labute approximate surface area is 242 Å². The maximum absolute atomic E-state index is 13.1. The van der Waals surface area contributed by atoms with Gasteiger partial charge in [-0.05, 0) is 47.0 Å². The second kappa shape index (κ2) is 10.7. The van der Waals surface area contributed by atoms with Crippen LogP contribution < -0.4 is 11.1 Å². The predicted octanol–water partition coefficient (Wildman–Crippen LogP) is 5.44. The van der Waals surface area contributed by atoms with Crippen molar-refractivity contribution in [3.8, 4) is 22.6 Å². The summed E-state index contributed by atoms with van der Waals surface area (Å²) in [5, 5.41) is 5.87. The monoisotopic (exact) mass is 558 g/mol. The lowest BCUT2D eigenvalue weighted by atomic mass is 10.0. The number of morpholine rings is 1. The van der Waals surface area contributed by atoms with Crippen LogP contribution in [0.25, 0.3) is 44.5 Å². The molecule has 0 aliphatic carbocycles. The SMILES string of the molecule is Cc1c(NC(=O)n2cc3ccccc3c2)cccc1-c1nc(N)nc2[nH]c(-c3ccc(CN4CCOCC4)cn3)cc12. The minimum Gasteiger partial charge on any atom is -0.379 e.